The molecule has 1 aromatic heterocycles. The van der Waals surface area contributed by atoms with Crippen molar-refractivity contribution in [3.8, 4) is 17.5 Å². The predicted octanol–water partition coefficient (Wildman–Crippen LogP) is 3.14. The average Bonchev–Trinajstić information content (AvgIpc) is 3.14. The van der Waals surface area contributed by atoms with Gasteiger partial charge in [0, 0.05) is 6.20 Å². The van der Waals surface area contributed by atoms with Crippen molar-refractivity contribution in [2.24, 2.45) is 0 Å². The monoisotopic (exact) mass is 432 g/mol. The van der Waals surface area contributed by atoms with Crippen LogP contribution in [-0.4, -0.2) is 36.7 Å². The number of aryl methyl sites for hydroxylation is 2. The zero-order chi connectivity index (χ0) is 23.3. The molecule has 32 heavy (non-hydrogen) atoms. The Bertz CT molecular complexity index is 1210. The molecule has 0 bridgehead atoms. The molecule has 1 amide bonds. The number of nitrogens with two attached hydrogens (primary N) is 1. The summed E-state index contributed by atoms with van der Waals surface area (Å²) < 4.78 is 11.9. The van der Waals surface area contributed by atoms with E-state index in [9.17, 15) is 14.9 Å². The van der Waals surface area contributed by atoms with Gasteiger partial charge in [-0.2, -0.15) is 5.26 Å². The number of anilines is 1. The van der Waals surface area contributed by atoms with Gasteiger partial charge in [0.05, 0.1) is 36.2 Å². The van der Waals surface area contributed by atoms with E-state index in [2.05, 4.69) is 5.32 Å². The molecule has 8 heteroatoms. The van der Waals surface area contributed by atoms with Gasteiger partial charge in [-0.3, -0.25) is 4.79 Å². The van der Waals surface area contributed by atoms with Gasteiger partial charge in [0.15, 0.2) is 5.69 Å². The molecule has 0 saturated carbocycles. The molecular formula is C24H24N4O4. The second kappa shape index (κ2) is 9.71. The summed E-state index contributed by atoms with van der Waals surface area (Å²) in [5.74, 6) is -0.329. The maximum absolute atomic E-state index is 12.9. The van der Waals surface area contributed by atoms with Gasteiger partial charge in [0.1, 0.15) is 18.4 Å². The lowest BCUT2D eigenvalue weighted by Gasteiger charge is -2.14. The molecule has 3 rings (SSSR count). The smallest absolute Gasteiger partial charge is 0.357 e. The van der Waals surface area contributed by atoms with Gasteiger partial charge in [-0.15, -0.1) is 0 Å². The predicted molar refractivity (Wildman–Crippen MR) is 120 cm³/mol. The van der Waals surface area contributed by atoms with Crippen molar-refractivity contribution < 1.29 is 19.1 Å². The van der Waals surface area contributed by atoms with Crippen molar-refractivity contribution in [3.63, 3.8) is 0 Å². The number of methoxy groups -OCH3 is 1. The van der Waals surface area contributed by atoms with Gasteiger partial charge in [-0.05, 0) is 49.2 Å². The number of hydrogen-bond donors (Lipinski definition) is 2. The molecule has 2 aromatic carbocycles. The van der Waals surface area contributed by atoms with Crippen molar-refractivity contribution in [3.05, 3.63) is 76.6 Å². The Hall–Kier alpha value is -4.25. The highest BCUT2D eigenvalue weighted by Gasteiger charge is 2.24. The number of carbonyl (C=O) groups excluding carboxylic acids is 2. The van der Waals surface area contributed by atoms with Gasteiger partial charge in [0.25, 0.3) is 5.91 Å². The summed E-state index contributed by atoms with van der Waals surface area (Å²) in [5.41, 5.74) is 9.08. The third-order valence-corrected chi connectivity index (χ3v) is 5.09. The highest BCUT2D eigenvalue weighted by atomic mass is 16.5. The van der Waals surface area contributed by atoms with Crippen LogP contribution in [0, 0.1) is 25.2 Å². The number of hydrogen-bond acceptors (Lipinski definition) is 6. The van der Waals surface area contributed by atoms with Crippen molar-refractivity contribution in [2.75, 3.05) is 26.0 Å². The van der Waals surface area contributed by atoms with Crippen molar-refractivity contribution in [1.29, 1.82) is 5.26 Å². The van der Waals surface area contributed by atoms with E-state index in [0.29, 0.717) is 17.9 Å². The maximum Gasteiger partial charge on any atom is 0.357 e. The van der Waals surface area contributed by atoms with E-state index in [1.165, 1.54) is 23.4 Å². The van der Waals surface area contributed by atoms with E-state index in [4.69, 9.17) is 15.2 Å². The minimum atomic E-state index is -0.707. The van der Waals surface area contributed by atoms with E-state index >= 15 is 0 Å². The summed E-state index contributed by atoms with van der Waals surface area (Å²) >= 11 is 0. The number of carbonyl (C=O) groups is 2. The second-order valence-electron chi connectivity index (χ2n) is 7.15. The van der Waals surface area contributed by atoms with Crippen molar-refractivity contribution >= 4 is 17.6 Å². The topological polar surface area (TPSA) is 119 Å². The van der Waals surface area contributed by atoms with Gasteiger partial charge < -0.3 is 25.1 Å². The fourth-order valence-corrected chi connectivity index (χ4v) is 3.21. The van der Waals surface area contributed by atoms with Crippen LogP contribution >= 0.6 is 0 Å². The summed E-state index contributed by atoms with van der Waals surface area (Å²) in [6.07, 6.45) is 1.41. The molecule has 0 aliphatic rings. The Morgan fingerprint density at radius 2 is 1.91 bits per heavy atom. The molecule has 0 spiro atoms. The number of rotatable bonds is 7. The number of nitrogens with zero attached hydrogens (tertiary/aromatic N) is 2. The molecule has 8 nitrogen and oxygen atoms in total. The first kappa shape index (κ1) is 22.4. The zero-order valence-electron chi connectivity index (χ0n) is 18.1. The van der Waals surface area contributed by atoms with Crippen LogP contribution in [0.2, 0.25) is 0 Å². The maximum atomic E-state index is 12.9. The van der Waals surface area contributed by atoms with Gasteiger partial charge in [-0.1, -0.05) is 18.2 Å². The van der Waals surface area contributed by atoms with E-state index in [1.807, 2.05) is 38.1 Å². The normalized spacial score (nSPS) is 10.3. The summed E-state index contributed by atoms with van der Waals surface area (Å²) in [6, 6.07) is 14.5. The van der Waals surface area contributed by atoms with Gasteiger partial charge in [0.2, 0.25) is 0 Å². The number of ether oxygens (including phenoxy) is 2. The Kier molecular flexibility index (Phi) is 6.80. The van der Waals surface area contributed by atoms with Crippen LogP contribution in [0.25, 0.3) is 5.69 Å². The molecule has 0 aliphatic heterocycles. The minimum absolute atomic E-state index is 0.00338. The highest BCUT2D eigenvalue weighted by molar-refractivity contribution is 6.00. The first-order valence-corrected chi connectivity index (χ1v) is 9.94. The third-order valence-electron chi connectivity index (χ3n) is 5.09. The minimum Gasteiger partial charge on any atom is -0.492 e. The molecular weight excluding hydrogens is 408 g/mol. The van der Waals surface area contributed by atoms with Gasteiger partial charge >= 0.3 is 5.97 Å². The lowest BCUT2D eigenvalue weighted by molar-refractivity contribution is 0.0592. The fraction of sp³-hybridized carbons (Fsp3) is 0.208. The van der Waals surface area contributed by atoms with Gasteiger partial charge in [-0.25, -0.2) is 4.79 Å². The number of aromatic nitrogens is 1. The summed E-state index contributed by atoms with van der Waals surface area (Å²) in [7, 11) is 1.22. The lowest BCUT2D eigenvalue weighted by Crippen LogP contribution is -2.29. The van der Waals surface area contributed by atoms with Crippen LogP contribution in [-0.2, 0) is 4.74 Å². The molecule has 0 aliphatic carbocycles. The Balaban J connectivity index is 1.78. The molecule has 3 aromatic rings. The Labute approximate surface area is 186 Å². The van der Waals surface area contributed by atoms with Crippen LogP contribution in [0.5, 0.6) is 5.75 Å². The van der Waals surface area contributed by atoms with Crippen LogP contribution in [0.3, 0.4) is 0 Å². The van der Waals surface area contributed by atoms with Crippen LogP contribution in [0.4, 0.5) is 5.69 Å². The average molecular weight is 432 g/mol. The van der Waals surface area contributed by atoms with Crippen LogP contribution in [0.1, 0.15) is 37.5 Å². The van der Waals surface area contributed by atoms with Crippen molar-refractivity contribution in [1.82, 2.24) is 9.88 Å². The first-order chi connectivity index (χ1) is 15.4. The molecule has 0 unspecified atom stereocenters. The van der Waals surface area contributed by atoms with E-state index in [-0.39, 0.29) is 29.4 Å². The number of nitriles is 1. The summed E-state index contributed by atoms with van der Waals surface area (Å²) in [6.45, 7) is 4.61. The highest BCUT2D eigenvalue weighted by Crippen LogP contribution is 2.26. The quantitative estimate of drug-likeness (QED) is 0.437. The molecule has 3 N–H and O–H groups in total. The largest absolute Gasteiger partial charge is 0.492 e. The third kappa shape index (κ3) is 4.57. The van der Waals surface area contributed by atoms with Crippen LogP contribution in [0.15, 0.2) is 48.7 Å². The fourth-order valence-electron chi connectivity index (χ4n) is 3.21. The van der Waals surface area contributed by atoms with Crippen LogP contribution < -0.4 is 15.8 Å². The molecule has 164 valence electrons. The molecule has 0 saturated heterocycles. The number of esters is 1. The van der Waals surface area contributed by atoms with E-state index in [0.717, 1.165) is 11.3 Å². The Morgan fingerprint density at radius 1 is 1.16 bits per heavy atom. The number of nitrogens with one attached hydrogen (secondary N) is 1. The molecule has 1 heterocycles. The molecule has 0 atom stereocenters. The first-order valence-electron chi connectivity index (χ1n) is 9.94. The number of amides is 1. The molecule has 0 fully saturated rings. The zero-order valence-corrected chi connectivity index (χ0v) is 18.1. The van der Waals surface area contributed by atoms with E-state index < -0.39 is 5.97 Å². The summed E-state index contributed by atoms with van der Waals surface area (Å²) in [5, 5.41) is 12.1. The van der Waals surface area contributed by atoms with E-state index in [1.54, 1.807) is 24.3 Å². The summed E-state index contributed by atoms with van der Waals surface area (Å²) in [4.78, 5) is 25.1. The Morgan fingerprint density at radius 3 is 2.59 bits per heavy atom. The number of para-hydroxylation sites is 1. The number of nitrogen functional groups attached to an aromatic ring is 1. The number of benzene rings is 2. The van der Waals surface area contributed by atoms with Crippen molar-refractivity contribution in [2.45, 2.75) is 13.8 Å². The molecule has 0 radical (unpaired) electrons. The SMILES string of the molecule is COC(=O)c1c(N)c(C#N)cn1-c1ccccc1C(=O)NCCOc1ccc(C)c(C)c1. The second-order valence-corrected chi connectivity index (χ2v) is 7.15. The standard InChI is InChI=1S/C24H24N4O4/c1-15-8-9-18(12-16(15)2)32-11-10-27-23(29)19-6-4-5-7-20(19)28-14-17(13-25)21(26)22(28)24(30)31-3/h4-9,12,14H,10-11,26H2,1-3H3,(H,27,29). The lowest BCUT2D eigenvalue weighted by atomic mass is 10.1.